The van der Waals surface area contributed by atoms with Gasteiger partial charge in [0.1, 0.15) is 5.57 Å². The highest BCUT2D eigenvalue weighted by atomic mass is 32.1. The first-order valence-corrected chi connectivity index (χ1v) is 8.85. The highest BCUT2D eigenvalue weighted by molar-refractivity contribution is 7.80. The Labute approximate surface area is 167 Å². The standard InChI is InChI=1S/C19H20N2O6S/c1-4-8-21-17(23)13(16(22)20-19(21)28)9-12-6-7-14(15(10-12)26-5-2)27-11(3)18(24)25/h4,6-7,9-11H,1,5,8H2,2-3H3,(H,24,25)(H,20,22,28)/b13-9+/t11-/m0/s1. The van der Waals surface area contributed by atoms with Gasteiger partial charge in [-0.2, -0.15) is 0 Å². The molecule has 0 aliphatic carbocycles. The van der Waals surface area contributed by atoms with Crippen molar-refractivity contribution in [2.75, 3.05) is 13.2 Å². The number of rotatable bonds is 8. The first kappa shape index (κ1) is 21.1. The minimum Gasteiger partial charge on any atom is -0.490 e. The molecule has 8 nitrogen and oxygen atoms in total. The number of nitrogens with zero attached hydrogens (tertiary/aromatic N) is 1. The fourth-order valence-electron chi connectivity index (χ4n) is 2.38. The van der Waals surface area contributed by atoms with Crippen LogP contribution in [0.5, 0.6) is 11.5 Å². The number of nitrogens with one attached hydrogen (secondary N) is 1. The summed E-state index contributed by atoms with van der Waals surface area (Å²) in [7, 11) is 0. The first-order chi connectivity index (χ1) is 13.3. The summed E-state index contributed by atoms with van der Waals surface area (Å²) in [5, 5.41) is 11.5. The summed E-state index contributed by atoms with van der Waals surface area (Å²) in [6, 6.07) is 4.67. The number of carboxylic acids is 1. The van der Waals surface area contributed by atoms with E-state index in [0.717, 1.165) is 0 Å². The van der Waals surface area contributed by atoms with Gasteiger partial charge in [0.25, 0.3) is 11.8 Å². The van der Waals surface area contributed by atoms with Crippen molar-refractivity contribution in [3.63, 3.8) is 0 Å². The number of carbonyl (C=O) groups is 3. The second-order valence-corrected chi connectivity index (χ2v) is 6.15. The molecule has 1 aliphatic heterocycles. The molecule has 0 unspecified atom stereocenters. The molecule has 0 saturated carbocycles. The quantitative estimate of drug-likeness (QED) is 0.294. The normalized spacial score (nSPS) is 16.6. The van der Waals surface area contributed by atoms with Gasteiger partial charge < -0.3 is 14.6 Å². The minimum atomic E-state index is -1.11. The highest BCUT2D eigenvalue weighted by Gasteiger charge is 2.32. The topological polar surface area (TPSA) is 105 Å². The van der Waals surface area contributed by atoms with Crippen molar-refractivity contribution in [2.45, 2.75) is 20.0 Å². The van der Waals surface area contributed by atoms with Crippen LogP contribution in [0.4, 0.5) is 0 Å². The molecule has 0 radical (unpaired) electrons. The fourth-order valence-corrected chi connectivity index (χ4v) is 2.63. The van der Waals surface area contributed by atoms with Gasteiger partial charge in [-0.1, -0.05) is 12.1 Å². The van der Waals surface area contributed by atoms with Gasteiger partial charge in [0.2, 0.25) is 0 Å². The van der Waals surface area contributed by atoms with Crippen molar-refractivity contribution in [3.8, 4) is 11.5 Å². The Balaban J connectivity index is 2.38. The van der Waals surface area contributed by atoms with E-state index in [4.69, 9.17) is 26.8 Å². The SMILES string of the molecule is C=CCN1C(=O)/C(=C/c2ccc(O[C@@H](C)C(=O)O)c(OCC)c2)C(=O)NC1=S. The largest absolute Gasteiger partial charge is 0.490 e. The number of aliphatic carboxylic acids is 1. The molecule has 2 rings (SSSR count). The third kappa shape index (κ3) is 4.74. The maximum Gasteiger partial charge on any atom is 0.344 e. The summed E-state index contributed by atoms with van der Waals surface area (Å²) in [5.41, 5.74) is 0.411. The molecule has 148 valence electrons. The van der Waals surface area contributed by atoms with E-state index < -0.39 is 23.9 Å². The summed E-state index contributed by atoms with van der Waals surface area (Å²) < 4.78 is 10.9. The van der Waals surface area contributed by atoms with Crippen LogP contribution in [0.15, 0.2) is 36.4 Å². The number of benzene rings is 1. The molecular weight excluding hydrogens is 384 g/mol. The van der Waals surface area contributed by atoms with E-state index >= 15 is 0 Å². The summed E-state index contributed by atoms with van der Waals surface area (Å²) in [5.74, 6) is -1.71. The molecule has 1 aromatic carbocycles. The number of carbonyl (C=O) groups excluding carboxylic acids is 2. The number of hydrogen-bond donors (Lipinski definition) is 2. The first-order valence-electron chi connectivity index (χ1n) is 8.44. The van der Waals surface area contributed by atoms with Crippen molar-refractivity contribution < 1.29 is 29.0 Å². The van der Waals surface area contributed by atoms with Gasteiger partial charge in [-0.05, 0) is 49.8 Å². The number of thiocarbonyl (C=S) groups is 1. The third-order valence-electron chi connectivity index (χ3n) is 3.73. The van der Waals surface area contributed by atoms with Gasteiger partial charge in [0.15, 0.2) is 22.7 Å². The number of hydrogen-bond acceptors (Lipinski definition) is 6. The van der Waals surface area contributed by atoms with Gasteiger partial charge in [-0.15, -0.1) is 6.58 Å². The second kappa shape index (κ2) is 9.14. The molecule has 9 heteroatoms. The second-order valence-electron chi connectivity index (χ2n) is 5.76. The average molecular weight is 404 g/mol. The van der Waals surface area contributed by atoms with Crippen LogP contribution in [0, 0.1) is 0 Å². The van der Waals surface area contributed by atoms with Crippen LogP contribution in [0.1, 0.15) is 19.4 Å². The van der Waals surface area contributed by atoms with Crippen molar-refractivity contribution >= 4 is 41.2 Å². The van der Waals surface area contributed by atoms with Crippen LogP contribution in [-0.4, -0.2) is 52.2 Å². The molecule has 1 aromatic rings. The molecule has 2 N–H and O–H groups in total. The summed E-state index contributed by atoms with van der Waals surface area (Å²) in [6.07, 6.45) is 1.84. The lowest BCUT2D eigenvalue weighted by Gasteiger charge is -2.27. The van der Waals surface area contributed by atoms with E-state index in [2.05, 4.69) is 11.9 Å². The van der Waals surface area contributed by atoms with Gasteiger partial charge in [-0.25, -0.2) is 4.79 Å². The third-order valence-corrected chi connectivity index (χ3v) is 4.05. The van der Waals surface area contributed by atoms with Crippen LogP contribution in [0.3, 0.4) is 0 Å². The predicted molar refractivity (Wildman–Crippen MR) is 106 cm³/mol. The Morgan fingerprint density at radius 1 is 1.39 bits per heavy atom. The highest BCUT2D eigenvalue weighted by Crippen LogP contribution is 2.30. The van der Waals surface area contributed by atoms with Crippen LogP contribution in [-0.2, 0) is 14.4 Å². The van der Waals surface area contributed by atoms with E-state index in [1.807, 2.05) is 0 Å². The van der Waals surface area contributed by atoms with E-state index in [1.165, 1.54) is 30.0 Å². The lowest BCUT2D eigenvalue weighted by molar-refractivity contribution is -0.144. The molecule has 0 bridgehead atoms. The average Bonchev–Trinajstić information content (AvgIpc) is 2.64. The molecule has 1 fully saturated rings. The van der Waals surface area contributed by atoms with Crippen molar-refractivity contribution in [3.05, 3.63) is 42.0 Å². The molecular formula is C19H20N2O6S. The molecule has 28 heavy (non-hydrogen) atoms. The zero-order valence-corrected chi connectivity index (χ0v) is 16.2. The molecule has 1 saturated heterocycles. The molecule has 1 aliphatic rings. The van der Waals surface area contributed by atoms with Gasteiger partial charge in [0.05, 0.1) is 6.61 Å². The van der Waals surface area contributed by atoms with Gasteiger partial charge in [0, 0.05) is 6.54 Å². The Kier molecular flexibility index (Phi) is 6.89. The monoisotopic (exact) mass is 404 g/mol. The smallest absolute Gasteiger partial charge is 0.344 e. The molecule has 0 aromatic heterocycles. The minimum absolute atomic E-state index is 0.0217. The van der Waals surface area contributed by atoms with Gasteiger partial charge in [-0.3, -0.25) is 19.8 Å². The Hall–Kier alpha value is -3.20. The number of carboxylic acid groups (broad SMARTS) is 1. The lowest BCUT2D eigenvalue weighted by atomic mass is 10.1. The molecule has 2 amide bonds. The Bertz CT molecular complexity index is 864. The van der Waals surface area contributed by atoms with E-state index in [-0.39, 0.29) is 23.0 Å². The van der Waals surface area contributed by atoms with E-state index in [1.54, 1.807) is 19.1 Å². The maximum atomic E-state index is 12.6. The summed E-state index contributed by atoms with van der Waals surface area (Å²) in [4.78, 5) is 37.0. The van der Waals surface area contributed by atoms with Gasteiger partial charge >= 0.3 is 5.97 Å². The van der Waals surface area contributed by atoms with Crippen LogP contribution >= 0.6 is 12.2 Å². The number of amides is 2. The summed E-state index contributed by atoms with van der Waals surface area (Å²) in [6.45, 7) is 7.22. The predicted octanol–water partition coefficient (Wildman–Crippen LogP) is 1.75. The Morgan fingerprint density at radius 3 is 2.71 bits per heavy atom. The van der Waals surface area contributed by atoms with Crippen molar-refractivity contribution in [2.24, 2.45) is 0 Å². The fraction of sp³-hybridized carbons (Fsp3) is 0.263. The molecule has 1 heterocycles. The molecule has 1 atom stereocenters. The van der Waals surface area contributed by atoms with Crippen LogP contribution in [0.2, 0.25) is 0 Å². The maximum absolute atomic E-state index is 12.6. The Morgan fingerprint density at radius 2 is 2.11 bits per heavy atom. The van der Waals surface area contributed by atoms with E-state index in [9.17, 15) is 14.4 Å². The lowest BCUT2D eigenvalue weighted by Crippen LogP contribution is -2.53. The van der Waals surface area contributed by atoms with Crippen molar-refractivity contribution in [1.29, 1.82) is 0 Å². The van der Waals surface area contributed by atoms with Crippen LogP contribution < -0.4 is 14.8 Å². The van der Waals surface area contributed by atoms with Crippen molar-refractivity contribution in [1.82, 2.24) is 10.2 Å². The number of ether oxygens (including phenoxy) is 2. The van der Waals surface area contributed by atoms with E-state index in [0.29, 0.717) is 17.9 Å². The zero-order valence-electron chi connectivity index (χ0n) is 15.4. The summed E-state index contributed by atoms with van der Waals surface area (Å²) >= 11 is 5.01. The van der Waals surface area contributed by atoms with Crippen LogP contribution in [0.25, 0.3) is 6.08 Å². The molecule has 0 spiro atoms. The zero-order chi connectivity index (χ0) is 20.8.